The second-order valence-electron chi connectivity index (χ2n) is 7.54. The first-order valence-electron chi connectivity index (χ1n) is 9.95. The fraction of sp³-hybridized carbons (Fsp3) is 0.391. The van der Waals surface area contributed by atoms with E-state index in [2.05, 4.69) is 19.2 Å². The van der Waals surface area contributed by atoms with E-state index in [0.29, 0.717) is 18.3 Å². The van der Waals surface area contributed by atoms with Crippen LogP contribution in [0.15, 0.2) is 48.5 Å². The minimum Gasteiger partial charge on any atom is -0.494 e. The largest absolute Gasteiger partial charge is 0.494 e. The minimum atomic E-state index is -1.06. The molecule has 0 spiro atoms. The number of ether oxygens (including phenoxy) is 2. The zero-order valence-corrected chi connectivity index (χ0v) is 17.4. The quantitative estimate of drug-likeness (QED) is 0.684. The number of urea groups is 1. The Kier molecular flexibility index (Phi) is 6.11. The molecule has 1 fully saturated rings. The van der Waals surface area contributed by atoms with Crippen LogP contribution in [-0.4, -0.2) is 36.6 Å². The average molecular weight is 396 g/mol. The summed E-state index contributed by atoms with van der Waals surface area (Å²) in [5.41, 5.74) is 0.899. The standard InChI is InChI=1S/C23H28N2O4/c1-5-28-19-10-12-20(13-11-19)29-15-14-25-21(26)23(4,24-22(25)27)18-8-6-17(7-9-18)16(2)3/h6-13,16H,5,14-15H2,1-4H3,(H,24,27)/t23-/m0/s1. The lowest BCUT2D eigenvalue weighted by atomic mass is 9.90. The zero-order valence-electron chi connectivity index (χ0n) is 17.4. The highest BCUT2D eigenvalue weighted by molar-refractivity contribution is 6.07. The molecule has 1 aliphatic heterocycles. The molecule has 0 aromatic heterocycles. The summed E-state index contributed by atoms with van der Waals surface area (Å²) in [6, 6.07) is 14.7. The Morgan fingerprint density at radius 1 is 0.966 bits per heavy atom. The lowest BCUT2D eigenvalue weighted by Gasteiger charge is -2.23. The van der Waals surface area contributed by atoms with Crippen LogP contribution in [-0.2, 0) is 10.3 Å². The molecule has 0 radical (unpaired) electrons. The third kappa shape index (κ3) is 4.36. The molecule has 1 N–H and O–H groups in total. The van der Waals surface area contributed by atoms with Gasteiger partial charge in [0.2, 0.25) is 0 Å². The number of imide groups is 1. The van der Waals surface area contributed by atoms with E-state index in [1.54, 1.807) is 19.1 Å². The molecule has 154 valence electrons. The van der Waals surface area contributed by atoms with Crippen LogP contribution in [0, 0.1) is 0 Å². The van der Waals surface area contributed by atoms with E-state index in [9.17, 15) is 9.59 Å². The van der Waals surface area contributed by atoms with Crippen LogP contribution in [0.25, 0.3) is 0 Å². The van der Waals surface area contributed by atoms with Crippen molar-refractivity contribution in [2.75, 3.05) is 19.8 Å². The highest BCUT2D eigenvalue weighted by Gasteiger charge is 2.48. The van der Waals surface area contributed by atoms with Gasteiger partial charge in [-0.2, -0.15) is 0 Å². The van der Waals surface area contributed by atoms with Crippen molar-refractivity contribution in [2.45, 2.75) is 39.2 Å². The maximum Gasteiger partial charge on any atom is 0.325 e. The van der Waals surface area contributed by atoms with Crippen molar-refractivity contribution in [3.63, 3.8) is 0 Å². The SMILES string of the molecule is CCOc1ccc(OCCN2C(=O)N[C@@](C)(c3ccc(C(C)C)cc3)C2=O)cc1. The summed E-state index contributed by atoms with van der Waals surface area (Å²) in [4.78, 5) is 26.6. The molecule has 1 saturated heterocycles. The van der Waals surface area contributed by atoms with E-state index in [1.807, 2.05) is 43.3 Å². The highest BCUT2D eigenvalue weighted by atomic mass is 16.5. The number of hydrogen-bond acceptors (Lipinski definition) is 4. The Bertz CT molecular complexity index is 861. The Morgan fingerprint density at radius 3 is 2.10 bits per heavy atom. The smallest absolute Gasteiger partial charge is 0.325 e. The molecule has 29 heavy (non-hydrogen) atoms. The topological polar surface area (TPSA) is 67.9 Å². The third-order valence-electron chi connectivity index (χ3n) is 5.15. The number of carbonyl (C=O) groups is 2. The maximum atomic E-state index is 13.0. The Morgan fingerprint density at radius 2 is 1.55 bits per heavy atom. The number of nitrogens with one attached hydrogen (secondary N) is 1. The van der Waals surface area contributed by atoms with Gasteiger partial charge in [0.15, 0.2) is 0 Å². The molecule has 1 aliphatic rings. The molecule has 0 aliphatic carbocycles. The number of benzene rings is 2. The van der Waals surface area contributed by atoms with Gasteiger partial charge in [-0.1, -0.05) is 38.1 Å². The maximum absolute atomic E-state index is 13.0. The lowest BCUT2D eigenvalue weighted by molar-refractivity contribution is -0.131. The molecule has 6 heteroatoms. The van der Waals surface area contributed by atoms with Gasteiger partial charge >= 0.3 is 6.03 Å². The van der Waals surface area contributed by atoms with E-state index < -0.39 is 11.6 Å². The summed E-state index contributed by atoms with van der Waals surface area (Å²) < 4.78 is 11.1. The van der Waals surface area contributed by atoms with Crippen molar-refractivity contribution in [3.05, 3.63) is 59.7 Å². The molecule has 2 aromatic carbocycles. The molecule has 3 amide bonds. The monoisotopic (exact) mass is 396 g/mol. The van der Waals surface area contributed by atoms with Crippen LogP contribution in [0.4, 0.5) is 4.79 Å². The molecule has 0 unspecified atom stereocenters. The van der Waals surface area contributed by atoms with Gasteiger partial charge in [0.25, 0.3) is 5.91 Å². The van der Waals surface area contributed by atoms with Gasteiger partial charge in [-0.05, 0) is 55.2 Å². The van der Waals surface area contributed by atoms with Gasteiger partial charge in [0.1, 0.15) is 23.6 Å². The highest BCUT2D eigenvalue weighted by Crippen LogP contribution is 2.30. The van der Waals surface area contributed by atoms with Crippen LogP contribution < -0.4 is 14.8 Å². The molecule has 0 bridgehead atoms. The first-order valence-corrected chi connectivity index (χ1v) is 9.95. The number of hydrogen-bond donors (Lipinski definition) is 1. The van der Waals surface area contributed by atoms with E-state index in [4.69, 9.17) is 9.47 Å². The second kappa shape index (κ2) is 8.55. The molecule has 1 heterocycles. The van der Waals surface area contributed by atoms with Crippen LogP contribution in [0.1, 0.15) is 44.7 Å². The van der Waals surface area contributed by atoms with E-state index in [0.717, 1.165) is 11.3 Å². The number of carbonyl (C=O) groups excluding carboxylic acids is 2. The lowest BCUT2D eigenvalue weighted by Crippen LogP contribution is -2.41. The van der Waals surface area contributed by atoms with E-state index in [1.165, 1.54) is 10.5 Å². The third-order valence-corrected chi connectivity index (χ3v) is 5.15. The number of rotatable bonds is 8. The summed E-state index contributed by atoms with van der Waals surface area (Å²) in [5, 5.41) is 2.83. The van der Waals surface area contributed by atoms with Crippen LogP contribution in [0.3, 0.4) is 0 Å². The first kappa shape index (κ1) is 20.7. The van der Waals surface area contributed by atoms with Crippen molar-refractivity contribution in [1.82, 2.24) is 10.2 Å². The number of amides is 3. The van der Waals surface area contributed by atoms with Gasteiger partial charge in [-0.15, -0.1) is 0 Å². The summed E-state index contributed by atoms with van der Waals surface area (Å²) in [6.45, 7) is 8.90. The van der Waals surface area contributed by atoms with Crippen molar-refractivity contribution in [3.8, 4) is 11.5 Å². The van der Waals surface area contributed by atoms with Gasteiger partial charge in [-0.3, -0.25) is 9.69 Å². The summed E-state index contributed by atoms with van der Waals surface area (Å²) in [5.74, 6) is 1.57. The van der Waals surface area contributed by atoms with Crippen molar-refractivity contribution in [1.29, 1.82) is 0 Å². The van der Waals surface area contributed by atoms with Crippen LogP contribution in [0.2, 0.25) is 0 Å². The fourth-order valence-corrected chi connectivity index (χ4v) is 3.35. The molecular weight excluding hydrogens is 368 g/mol. The molecule has 2 aromatic rings. The zero-order chi connectivity index (χ0) is 21.0. The fourth-order valence-electron chi connectivity index (χ4n) is 3.35. The Hall–Kier alpha value is -3.02. The minimum absolute atomic E-state index is 0.178. The van der Waals surface area contributed by atoms with Crippen molar-refractivity contribution < 1.29 is 19.1 Å². The Balaban J connectivity index is 1.62. The average Bonchev–Trinajstić information content (AvgIpc) is 2.93. The molecule has 1 atom stereocenters. The molecule has 6 nitrogen and oxygen atoms in total. The number of nitrogens with zero attached hydrogens (tertiary/aromatic N) is 1. The first-order chi connectivity index (χ1) is 13.8. The summed E-state index contributed by atoms with van der Waals surface area (Å²) in [6.07, 6.45) is 0. The van der Waals surface area contributed by atoms with Crippen LogP contribution in [0.5, 0.6) is 11.5 Å². The van der Waals surface area contributed by atoms with Gasteiger partial charge in [0, 0.05) is 0 Å². The predicted molar refractivity (Wildman–Crippen MR) is 111 cm³/mol. The normalized spacial score (nSPS) is 18.9. The van der Waals surface area contributed by atoms with Gasteiger partial charge in [-0.25, -0.2) is 4.79 Å². The van der Waals surface area contributed by atoms with Crippen LogP contribution >= 0.6 is 0 Å². The van der Waals surface area contributed by atoms with Gasteiger partial charge < -0.3 is 14.8 Å². The van der Waals surface area contributed by atoms with Gasteiger partial charge in [0.05, 0.1) is 13.2 Å². The van der Waals surface area contributed by atoms with E-state index in [-0.39, 0.29) is 19.1 Å². The van der Waals surface area contributed by atoms with Crippen molar-refractivity contribution >= 4 is 11.9 Å². The summed E-state index contributed by atoms with van der Waals surface area (Å²) in [7, 11) is 0. The Labute approximate surface area is 171 Å². The second-order valence-corrected chi connectivity index (χ2v) is 7.54. The summed E-state index contributed by atoms with van der Waals surface area (Å²) >= 11 is 0. The van der Waals surface area contributed by atoms with E-state index >= 15 is 0 Å². The predicted octanol–water partition coefficient (Wildman–Crippen LogP) is 4.05. The molecular formula is C23H28N2O4. The molecule has 3 rings (SSSR count). The molecule has 0 saturated carbocycles. The van der Waals surface area contributed by atoms with Crippen molar-refractivity contribution in [2.24, 2.45) is 0 Å².